The average molecular weight is 261 g/mol. The Hall–Kier alpha value is -2.50. The van der Waals surface area contributed by atoms with Crippen molar-refractivity contribution in [2.75, 3.05) is 5.32 Å². The van der Waals surface area contributed by atoms with Gasteiger partial charge >= 0.3 is 0 Å². The first-order valence-electron chi connectivity index (χ1n) is 5.62. The first-order valence-corrected chi connectivity index (χ1v) is 5.62. The summed E-state index contributed by atoms with van der Waals surface area (Å²) in [4.78, 5) is 23.7. The maximum absolute atomic E-state index is 12.8. The molecule has 0 atom stereocenters. The second kappa shape index (κ2) is 5.01. The fraction of sp³-hybridized carbons (Fsp3) is 0.154. The molecule has 5 nitrogen and oxygen atoms in total. The number of H-pyrrole nitrogens is 1. The van der Waals surface area contributed by atoms with Crippen molar-refractivity contribution in [1.82, 2.24) is 10.2 Å². The van der Waals surface area contributed by atoms with Gasteiger partial charge in [-0.15, -0.1) is 0 Å². The third kappa shape index (κ3) is 2.67. The van der Waals surface area contributed by atoms with Crippen molar-refractivity contribution in [2.45, 2.75) is 13.8 Å². The molecule has 1 aromatic heterocycles. The van der Waals surface area contributed by atoms with E-state index in [1.807, 2.05) is 0 Å². The number of halogens is 1. The number of aromatic nitrogens is 2. The number of hydrogen-bond donors (Lipinski definition) is 2. The summed E-state index contributed by atoms with van der Waals surface area (Å²) in [7, 11) is 0. The van der Waals surface area contributed by atoms with Crippen molar-refractivity contribution in [2.24, 2.45) is 0 Å². The van der Waals surface area contributed by atoms with Crippen LogP contribution in [0.5, 0.6) is 0 Å². The van der Waals surface area contributed by atoms with Crippen molar-refractivity contribution in [3.63, 3.8) is 0 Å². The van der Waals surface area contributed by atoms with Gasteiger partial charge in [-0.05, 0) is 43.7 Å². The van der Waals surface area contributed by atoms with Crippen LogP contribution in [-0.2, 0) is 0 Å². The summed E-state index contributed by atoms with van der Waals surface area (Å²) in [5.41, 5.74) is 0.964. The minimum Gasteiger partial charge on any atom is -0.322 e. The van der Waals surface area contributed by atoms with Crippen LogP contribution in [-0.4, -0.2) is 16.1 Å². The molecule has 0 saturated heterocycles. The molecule has 0 aliphatic heterocycles. The van der Waals surface area contributed by atoms with E-state index >= 15 is 0 Å². The van der Waals surface area contributed by atoms with Crippen LogP contribution in [0.2, 0.25) is 0 Å². The van der Waals surface area contributed by atoms with Crippen LogP contribution in [0.1, 0.15) is 21.6 Å². The van der Waals surface area contributed by atoms with Gasteiger partial charge < -0.3 is 5.32 Å². The summed E-state index contributed by atoms with van der Waals surface area (Å²) in [6.07, 6.45) is 0. The number of nitrogens with one attached hydrogen (secondary N) is 2. The quantitative estimate of drug-likeness (QED) is 0.865. The zero-order valence-electron chi connectivity index (χ0n) is 10.5. The van der Waals surface area contributed by atoms with Crippen molar-refractivity contribution in [3.05, 3.63) is 57.3 Å². The van der Waals surface area contributed by atoms with Crippen molar-refractivity contribution in [1.29, 1.82) is 0 Å². The number of benzene rings is 1. The Morgan fingerprint density at radius 2 is 1.89 bits per heavy atom. The SMILES string of the molecule is Cc1n[nH]c(=O)c(C(=O)Nc2ccc(F)cc2)c1C. The maximum Gasteiger partial charge on any atom is 0.277 e. The average Bonchev–Trinajstić information content (AvgIpc) is 2.37. The van der Waals surface area contributed by atoms with E-state index < -0.39 is 17.3 Å². The van der Waals surface area contributed by atoms with E-state index in [1.165, 1.54) is 24.3 Å². The molecule has 2 rings (SSSR count). The zero-order valence-corrected chi connectivity index (χ0v) is 10.5. The van der Waals surface area contributed by atoms with Crippen LogP contribution in [0, 0.1) is 19.7 Å². The van der Waals surface area contributed by atoms with E-state index in [2.05, 4.69) is 15.5 Å². The molecule has 6 heteroatoms. The standard InChI is InChI=1S/C13H12FN3O2/c1-7-8(2)16-17-13(19)11(7)12(18)15-10-5-3-9(14)4-6-10/h3-6H,1-2H3,(H,15,18)(H,17,19). The monoisotopic (exact) mass is 261 g/mol. The van der Waals surface area contributed by atoms with E-state index in [1.54, 1.807) is 13.8 Å². The van der Waals surface area contributed by atoms with Gasteiger partial charge in [0.15, 0.2) is 0 Å². The van der Waals surface area contributed by atoms with Crippen molar-refractivity contribution in [3.8, 4) is 0 Å². The van der Waals surface area contributed by atoms with Crippen LogP contribution in [0.25, 0.3) is 0 Å². The molecule has 0 radical (unpaired) electrons. The van der Waals surface area contributed by atoms with Crippen LogP contribution < -0.4 is 10.9 Å². The molecule has 0 aliphatic rings. The molecule has 0 unspecified atom stereocenters. The summed E-state index contributed by atoms with van der Waals surface area (Å²) < 4.78 is 12.8. The topological polar surface area (TPSA) is 74.8 Å². The van der Waals surface area contributed by atoms with Crippen molar-refractivity contribution >= 4 is 11.6 Å². The summed E-state index contributed by atoms with van der Waals surface area (Å²) in [6.45, 7) is 3.34. The Morgan fingerprint density at radius 3 is 2.53 bits per heavy atom. The Bertz CT molecular complexity index is 677. The van der Waals surface area contributed by atoms with Gasteiger partial charge in [0, 0.05) is 5.69 Å². The Labute approximate surface area is 108 Å². The number of aromatic amines is 1. The molecule has 0 spiro atoms. The van der Waals surface area contributed by atoms with E-state index in [0.29, 0.717) is 16.9 Å². The minimum atomic E-state index is -0.553. The number of carbonyl (C=O) groups excluding carboxylic acids is 1. The number of carbonyl (C=O) groups is 1. The summed E-state index contributed by atoms with van der Waals surface area (Å²) in [5.74, 6) is -0.942. The van der Waals surface area contributed by atoms with E-state index in [9.17, 15) is 14.0 Å². The highest BCUT2D eigenvalue weighted by Crippen LogP contribution is 2.11. The Morgan fingerprint density at radius 1 is 1.26 bits per heavy atom. The fourth-order valence-electron chi connectivity index (χ4n) is 1.63. The summed E-state index contributed by atoms with van der Waals surface area (Å²) in [6, 6.07) is 5.30. The highest BCUT2D eigenvalue weighted by atomic mass is 19.1. The molecule has 0 saturated carbocycles. The number of aryl methyl sites for hydroxylation is 1. The zero-order chi connectivity index (χ0) is 14.0. The summed E-state index contributed by atoms with van der Waals surface area (Å²) in [5, 5.41) is 8.57. The van der Waals surface area contributed by atoms with Gasteiger partial charge in [-0.1, -0.05) is 0 Å². The number of anilines is 1. The lowest BCUT2D eigenvalue weighted by atomic mass is 10.1. The van der Waals surface area contributed by atoms with Gasteiger partial charge in [0.2, 0.25) is 0 Å². The number of amides is 1. The maximum atomic E-state index is 12.8. The molecule has 2 N–H and O–H groups in total. The van der Waals surface area contributed by atoms with Gasteiger partial charge in [-0.2, -0.15) is 5.10 Å². The Balaban J connectivity index is 2.33. The lowest BCUT2D eigenvalue weighted by Crippen LogP contribution is -2.26. The Kier molecular flexibility index (Phi) is 3.41. The highest BCUT2D eigenvalue weighted by molar-refractivity contribution is 6.05. The largest absolute Gasteiger partial charge is 0.322 e. The predicted molar refractivity (Wildman–Crippen MR) is 68.7 cm³/mol. The van der Waals surface area contributed by atoms with Gasteiger partial charge in [0.05, 0.1) is 5.69 Å². The van der Waals surface area contributed by atoms with E-state index in [-0.39, 0.29) is 5.56 Å². The van der Waals surface area contributed by atoms with Gasteiger partial charge in [-0.3, -0.25) is 9.59 Å². The molecular formula is C13H12FN3O2. The third-order valence-corrected chi connectivity index (χ3v) is 2.80. The van der Waals surface area contributed by atoms with Gasteiger partial charge in [0.25, 0.3) is 11.5 Å². The van der Waals surface area contributed by atoms with Gasteiger partial charge in [-0.25, -0.2) is 9.49 Å². The number of nitrogens with zero attached hydrogens (tertiary/aromatic N) is 1. The third-order valence-electron chi connectivity index (χ3n) is 2.80. The molecular weight excluding hydrogens is 249 g/mol. The minimum absolute atomic E-state index is 0.0109. The molecule has 0 fully saturated rings. The molecule has 19 heavy (non-hydrogen) atoms. The lowest BCUT2D eigenvalue weighted by Gasteiger charge is -2.07. The smallest absolute Gasteiger partial charge is 0.277 e. The van der Waals surface area contributed by atoms with Crippen LogP contribution in [0.4, 0.5) is 10.1 Å². The van der Waals surface area contributed by atoms with E-state index in [0.717, 1.165) is 0 Å². The van der Waals surface area contributed by atoms with Gasteiger partial charge in [0.1, 0.15) is 11.4 Å². The number of rotatable bonds is 2. The van der Waals surface area contributed by atoms with Crippen LogP contribution in [0.15, 0.2) is 29.1 Å². The fourth-order valence-corrected chi connectivity index (χ4v) is 1.63. The molecule has 1 aromatic carbocycles. The highest BCUT2D eigenvalue weighted by Gasteiger charge is 2.16. The number of hydrogen-bond acceptors (Lipinski definition) is 3. The molecule has 1 amide bonds. The van der Waals surface area contributed by atoms with Crippen molar-refractivity contribution < 1.29 is 9.18 Å². The van der Waals surface area contributed by atoms with Crippen LogP contribution in [0.3, 0.4) is 0 Å². The van der Waals surface area contributed by atoms with E-state index in [4.69, 9.17) is 0 Å². The molecule has 0 aliphatic carbocycles. The first kappa shape index (κ1) is 12.9. The molecule has 1 heterocycles. The second-order valence-electron chi connectivity index (χ2n) is 4.10. The van der Waals surface area contributed by atoms with Crippen LogP contribution >= 0.6 is 0 Å². The predicted octanol–water partition coefficient (Wildman–Crippen LogP) is 1.78. The molecule has 98 valence electrons. The molecule has 0 bridgehead atoms. The second-order valence-corrected chi connectivity index (χ2v) is 4.10. The normalized spacial score (nSPS) is 10.3. The lowest BCUT2D eigenvalue weighted by molar-refractivity contribution is 0.102. The molecule has 2 aromatic rings. The summed E-state index contributed by atoms with van der Waals surface area (Å²) >= 11 is 0. The first-order chi connectivity index (χ1) is 8.99.